The van der Waals surface area contributed by atoms with E-state index >= 15 is 0 Å². The predicted molar refractivity (Wildman–Crippen MR) is 129 cm³/mol. The molecule has 0 radical (unpaired) electrons. The molecule has 1 N–H and O–H groups in total. The largest absolute Gasteiger partial charge is 0.341 e. The number of hydrogen-bond acceptors (Lipinski definition) is 7. The summed E-state index contributed by atoms with van der Waals surface area (Å²) in [7, 11) is 3.77. The van der Waals surface area contributed by atoms with Crippen LogP contribution in [0, 0.1) is 6.92 Å². The fourth-order valence-corrected chi connectivity index (χ4v) is 4.62. The van der Waals surface area contributed by atoms with Gasteiger partial charge in [-0.15, -0.1) is 0 Å². The number of nitrogens with zero attached hydrogens (tertiary/aromatic N) is 7. The van der Waals surface area contributed by atoms with Crippen molar-refractivity contribution in [2.75, 3.05) is 22.2 Å². The van der Waals surface area contributed by atoms with Crippen LogP contribution in [0.4, 0.5) is 23.3 Å². The number of fused-ring (bicyclic) bond motifs is 1. The van der Waals surface area contributed by atoms with Crippen LogP contribution >= 0.6 is 0 Å². The topological polar surface area (TPSA) is 92.1 Å². The normalized spacial score (nSPS) is 18.2. The number of rotatable bonds is 5. The molecule has 9 heteroatoms. The fraction of sp³-hybridized carbons (Fsp3) is 0.458. The van der Waals surface area contributed by atoms with E-state index in [0.29, 0.717) is 17.7 Å². The number of carbonyl (C=O) groups is 1. The summed E-state index contributed by atoms with van der Waals surface area (Å²) in [6.07, 6.45) is 4.13. The Hall–Kier alpha value is -3.49. The lowest BCUT2D eigenvalue weighted by Gasteiger charge is -2.41. The molecule has 4 heterocycles. The van der Waals surface area contributed by atoms with Crippen LogP contribution in [0.2, 0.25) is 0 Å². The van der Waals surface area contributed by atoms with Crippen molar-refractivity contribution >= 4 is 29.2 Å². The third-order valence-corrected chi connectivity index (χ3v) is 6.60. The summed E-state index contributed by atoms with van der Waals surface area (Å²) >= 11 is 0. The third-order valence-electron chi connectivity index (χ3n) is 6.60. The van der Waals surface area contributed by atoms with Gasteiger partial charge in [-0.2, -0.15) is 5.10 Å². The smallest absolute Gasteiger partial charge is 0.249 e. The molecule has 3 aromatic rings. The second kappa shape index (κ2) is 7.83. The Morgan fingerprint density at radius 3 is 2.58 bits per heavy atom. The lowest BCUT2D eigenvalue weighted by Crippen LogP contribution is -2.53. The average molecular weight is 447 g/mol. The second-order valence-corrected chi connectivity index (χ2v) is 9.25. The summed E-state index contributed by atoms with van der Waals surface area (Å²) in [6, 6.07) is 5.57. The SMILES string of the molecule is Cc1c(-c2ccnc(Nc3ccc4c(n3)N(C(C)C)[C@H](C)C(=O)N4C)n2)c(C2CC2)nn1C. The van der Waals surface area contributed by atoms with Gasteiger partial charge >= 0.3 is 0 Å². The number of likely N-dealkylation sites (N-methyl/N-ethyl adjacent to an activating group) is 1. The zero-order valence-electron chi connectivity index (χ0n) is 20.0. The van der Waals surface area contributed by atoms with Gasteiger partial charge in [-0.05, 0) is 58.7 Å². The third kappa shape index (κ3) is 3.61. The Balaban J connectivity index is 1.49. The van der Waals surface area contributed by atoms with Gasteiger partial charge in [0, 0.05) is 43.5 Å². The highest BCUT2D eigenvalue weighted by Crippen LogP contribution is 2.44. The van der Waals surface area contributed by atoms with Crippen molar-refractivity contribution in [3.63, 3.8) is 0 Å². The lowest BCUT2D eigenvalue weighted by atomic mass is 10.1. The molecule has 3 aromatic heterocycles. The molecule has 1 aliphatic heterocycles. The number of aromatic nitrogens is 5. The molecule has 0 bridgehead atoms. The number of hydrogen-bond donors (Lipinski definition) is 1. The molecule has 33 heavy (non-hydrogen) atoms. The molecule has 1 fully saturated rings. The highest BCUT2D eigenvalue weighted by atomic mass is 16.2. The molecule has 2 aliphatic rings. The number of pyridine rings is 1. The van der Waals surface area contributed by atoms with E-state index < -0.39 is 0 Å². The average Bonchev–Trinajstić information content (AvgIpc) is 3.58. The molecule has 172 valence electrons. The molecule has 0 unspecified atom stereocenters. The first-order chi connectivity index (χ1) is 15.8. The van der Waals surface area contributed by atoms with Crippen LogP contribution in [0.25, 0.3) is 11.3 Å². The maximum Gasteiger partial charge on any atom is 0.249 e. The van der Waals surface area contributed by atoms with E-state index in [1.54, 1.807) is 18.1 Å². The maximum absolute atomic E-state index is 12.7. The van der Waals surface area contributed by atoms with Gasteiger partial charge in [0.15, 0.2) is 5.82 Å². The summed E-state index contributed by atoms with van der Waals surface area (Å²) in [5, 5.41) is 8.01. The highest BCUT2D eigenvalue weighted by molar-refractivity contribution is 6.04. The summed E-state index contributed by atoms with van der Waals surface area (Å²) in [5.74, 6) is 2.48. The van der Waals surface area contributed by atoms with E-state index in [-0.39, 0.29) is 18.0 Å². The number of carbonyl (C=O) groups excluding carboxylic acids is 1. The minimum atomic E-state index is -0.278. The molecule has 0 saturated heterocycles. The Bertz CT molecular complexity index is 1230. The van der Waals surface area contributed by atoms with Gasteiger partial charge in [-0.3, -0.25) is 9.48 Å². The van der Waals surface area contributed by atoms with Crippen LogP contribution in [0.3, 0.4) is 0 Å². The molecule has 1 aliphatic carbocycles. The van der Waals surface area contributed by atoms with Crippen molar-refractivity contribution in [2.24, 2.45) is 7.05 Å². The van der Waals surface area contributed by atoms with Crippen LogP contribution < -0.4 is 15.1 Å². The van der Waals surface area contributed by atoms with Gasteiger partial charge in [0.2, 0.25) is 11.9 Å². The van der Waals surface area contributed by atoms with Gasteiger partial charge in [-0.1, -0.05) is 0 Å². The van der Waals surface area contributed by atoms with Gasteiger partial charge < -0.3 is 15.1 Å². The summed E-state index contributed by atoms with van der Waals surface area (Å²) < 4.78 is 1.93. The van der Waals surface area contributed by atoms with Crippen LogP contribution in [0.1, 0.15) is 50.9 Å². The first-order valence-electron chi connectivity index (χ1n) is 11.5. The Morgan fingerprint density at radius 1 is 1.12 bits per heavy atom. The van der Waals surface area contributed by atoms with E-state index in [0.717, 1.165) is 34.2 Å². The maximum atomic E-state index is 12.7. The van der Waals surface area contributed by atoms with Crippen molar-refractivity contribution in [1.29, 1.82) is 0 Å². The summed E-state index contributed by atoms with van der Waals surface area (Å²) in [4.78, 5) is 30.5. The Morgan fingerprint density at radius 2 is 1.88 bits per heavy atom. The van der Waals surface area contributed by atoms with E-state index in [4.69, 9.17) is 15.1 Å². The molecule has 0 aromatic carbocycles. The highest BCUT2D eigenvalue weighted by Gasteiger charge is 2.36. The van der Waals surface area contributed by atoms with Crippen LogP contribution in [-0.2, 0) is 11.8 Å². The summed E-state index contributed by atoms with van der Waals surface area (Å²) in [5.41, 5.74) is 4.99. The van der Waals surface area contributed by atoms with E-state index in [1.807, 2.05) is 36.9 Å². The first-order valence-corrected chi connectivity index (χ1v) is 11.5. The van der Waals surface area contributed by atoms with Crippen molar-refractivity contribution < 1.29 is 4.79 Å². The molecular formula is C24H30N8O. The number of nitrogens with one attached hydrogen (secondary N) is 1. The quantitative estimate of drug-likeness (QED) is 0.638. The lowest BCUT2D eigenvalue weighted by molar-refractivity contribution is -0.119. The van der Waals surface area contributed by atoms with Crippen LogP contribution in [0.15, 0.2) is 24.4 Å². The van der Waals surface area contributed by atoms with Gasteiger partial charge in [-0.25, -0.2) is 15.0 Å². The van der Waals surface area contributed by atoms with Crippen LogP contribution in [-0.4, -0.2) is 49.8 Å². The Kier molecular flexibility index (Phi) is 5.07. The predicted octanol–water partition coefficient (Wildman–Crippen LogP) is 3.78. The standard InChI is InChI=1S/C24H30N8O/c1-13(2)32-15(4)23(33)30(5)18-9-10-19(27-22(18)32)28-24-25-12-11-17(26-24)20-14(3)31(6)29-21(20)16-7-8-16/h9-13,15-16H,7-8H2,1-6H3,(H,25,26,27,28)/t15-/m1/s1. The zero-order chi connectivity index (χ0) is 23.4. The molecule has 9 nitrogen and oxygen atoms in total. The van der Waals surface area contributed by atoms with Crippen molar-refractivity contribution in [2.45, 2.75) is 58.5 Å². The van der Waals surface area contributed by atoms with E-state index in [1.165, 1.54) is 12.8 Å². The number of aryl methyl sites for hydroxylation is 1. The van der Waals surface area contributed by atoms with Gasteiger partial charge in [0.1, 0.15) is 11.9 Å². The summed E-state index contributed by atoms with van der Waals surface area (Å²) in [6.45, 7) is 8.14. The van der Waals surface area contributed by atoms with E-state index in [9.17, 15) is 4.79 Å². The zero-order valence-corrected chi connectivity index (χ0v) is 20.0. The number of amides is 1. The fourth-order valence-electron chi connectivity index (χ4n) is 4.62. The molecule has 1 amide bonds. The molecule has 5 rings (SSSR count). The minimum absolute atomic E-state index is 0.0630. The first kappa shape index (κ1) is 21.4. The van der Waals surface area contributed by atoms with Crippen molar-refractivity contribution in [3.8, 4) is 11.3 Å². The van der Waals surface area contributed by atoms with E-state index in [2.05, 4.69) is 36.0 Å². The monoisotopic (exact) mass is 446 g/mol. The molecule has 0 spiro atoms. The van der Waals surface area contributed by atoms with Crippen molar-refractivity contribution in [3.05, 3.63) is 35.8 Å². The second-order valence-electron chi connectivity index (χ2n) is 9.25. The molecule has 1 atom stereocenters. The van der Waals surface area contributed by atoms with Crippen molar-refractivity contribution in [1.82, 2.24) is 24.7 Å². The molecule has 1 saturated carbocycles. The Labute approximate surface area is 193 Å². The molecular weight excluding hydrogens is 416 g/mol. The van der Waals surface area contributed by atoms with Gasteiger partial charge in [0.25, 0.3) is 0 Å². The minimum Gasteiger partial charge on any atom is -0.341 e. The van der Waals surface area contributed by atoms with Crippen LogP contribution in [0.5, 0.6) is 0 Å². The van der Waals surface area contributed by atoms with Gasteiger partial charge in [0.05, 0.1) is 17.1 Å². The number of anilines is 4.